The highest BCUT2D eigenvalue weighted by atomic mass is 32.2. The fourth-order valence-corrected chi connectivity index (χ4v) is 6.02. The number of sulfonamides is 1. The maximum absolute atomic E-state index is 13.0. The fourth-order valence-electron chi connectivity index (χ4n) is 4.30. The van der Waals surface area contributed by atoms with Crippen LogP contribution in [-0.2, 0) is 14.8 Å². The Morgan fingerprint density at radius 3 is 2.14 bits per heavy atom. The van der Waals surface area contributed by atoms with E-state index in [0.717, 1.165) is 44.9 Å². The van der Waals surface area contributed by atoms with Crippen molar-refractivity contribution in [1.29, 1.82) is 0 Å². The molecule has 2 aliphatic rings. The van der Waals surface area contributed by atoms with E-state index in [1.54, 1.807) is 28.6 Å². The maximum Gasteiger partial charge on any atom is 0.243 e. The largest absolute Gasteiger partial charge is 0.354 e. The monoisotopic (exact) mass is 424 g/mol. The molecular weight excluding hydrogens is 384 g/mol. The number of amides is 1. The average molecular weight is 425 g/mol. The van der Waals surface area contributed by atoms with Gasteiger partial charge in [0.05, 0.1) is 4.90 Å². The molecule has 0 bridgehead atoms. The van der Waals surface area contributed by atoms with Crippen molar-refractivity contribution in [2.45, 2.75) is 90.0 Å². The molecule has 166 valence electrons. The first-order valence-electron chi connectivity index (χ1n) is 10.4. The molecule has 1 N–H and O–H groups in total. The SMILES string of the molecule is C.C.O=C(NCC1CCCCN1S(=O)(=O)c1ccccc1)C1CCCCCCC1. The Morgan fingerprint density at radius 1 is 0.897 bits per heavy atom. The second-order valence-electron chi connectivity index (χ2n) is 7.87. The molecule has 2 fully saturated rings. The lowest BCUT2D eigenvalue weighted by Gasteiger charge is -2.35. The number of hydrogen-bond donors (Lipinski definition) is 1. The van der Waals surface area contributed by atoms with E-state index >= 15 is 0 Å². The van der Waals surface area contributed by atoms with Gasteiger partial charge in [-0.15, -0.1) is 0 Å². The molecule has 1 aromatic rings. The number of carbonyl (C=O) groups excluding carboxylic acids is 1. The molecule has 1 saturated carbocycles. The van der Waals surface area contributed by atoms with Crippen molar-refractivity contribution < 1.29 is 13.2 Å². The van der Waals surface area contributed by atoms with Crippen molar-refractivity contribution in [3.8, 4) is 0 Å². The Labute approximate surface area is 178 Å². The molecule has 1 unspecified atom stereocenters. The van der Waals surface area contributed by atoms with Gasteiger partial charge < -0.3 is 5.32 Å². The summed E-state index contributed by atoms with van der Waals surface area (Å²) in [6, 6.07) is 8.47. The number of nitrogens with one attached hydrogen (secondary N) is 1. The molecule has 0 radical (unpaired) electrons. The van der Waals surface area contributed by atoms with Crippen LogP contribution < -0.4 is 5.32 Å². The quantitative estimate of drug-likeness (QED) is 0.725. The number of benzene rings is 1. The molecule has 1 saturated heterocycles. The summed E-state index contributed by atoms with van der Waals surface area (Å²) in [4.78, 5) is 13.0. The van der Waals surface area contributed by atoms with Gasteiger partial charge in [0.1, 0.15) is 0 Å². The third-order valence-corrected chi connectivity index (χ3v) is 7.88. The minimum Gasteiger partial charge on any atom is -0.354 e. The standard InChI is InChI=1S/C21H32N2O3S.2CH4/c24-21(18-11-5-2-1-3-6-12-18)22-17-19-13-9-10-16-23(19)27(25,26)20-14-7-4-8-15-20;;/h4,7-8,14-15,18-19H,1-3,5-6,9-13,16-17H2,(H,22,24);2*1H4. The number of hydrogen-bond acceptors (Lipinski definition) is 3. The highest BCUT2D eigenvalue weighted by molar-refractivity contribution is 7.89. The summed E-state index contributed by atoms with van der Waals surface area (Å²) < 4.78 is 27.7. The van der Waals surface area contributed by atoms with Gasteiger partial charge in [0.25, 0.3) is 0 Å². The maximum atomic E-state index is 13.0. The van der Waals surface area contributed by atoms with Gasteiger partial charge in [0.2, 0.25) is 15.9 Å². The number of nitrogens with zero attached hydrogens (tertiary/aromatic N) is 1. The zero-order valence-corrected chi connectivity index (χ0v) is 16.9. The van der Waals surface area contributed by atoms with Crippen molar-refractivity contribution in [3.05, 3.63) is 30.3 Å². The zero-order chi connectivity index (χ0) is 19.1. The zero-order valence-electron chi connectivity index (χ0n) is 16.1. The lowest BCUT2D eigenvalue weighted by Crippen LogP contribution is -2.50. The lowest BCUT2D eigenvalue weighted by molar-refractivity contribution is -0.125. The van der Waals surface area contributed by atoms with Crippen LogP contribution in [0, 0.1) is 5.92 Å². The van der Waals surface area contributed by atoms with Crippen LogP contribution in [0.15, 0.2) is 35.2 Å². The molecule has 0 spiro atoms. The van der Waals surface area contributed by atoms with Gasteiger partial charge in [-0.3, -0.25) is 4.79 Å². The van der Waals surface area contributed by atoms with Crippen LogP contribution in [-0.4, -0.2) is 37.8 Å². The van der Waals surface area contributed by atoms with Gasteiger partial charge in [0, 0.05) is 25.0 Å². The van der Waals surface area contributed by atoms with Crippen LogP contribution in [0.3, 0.4) is 0 Å². The van der Waals surface area contributed by atoms with E-state index in [2.05, 4.69) is 5.32 Å². The molecule has 3 rings (SSSR count). The Morgan fingerprint density at radius 2 is 1.48 bits per heavy atom. The summed E-state index contributed by atoms with van der Waals surface area (Å²) >= 11 is 0. The first kappa shape index (κ1) is 25.6. The van der Waals surface area contributed by atoms with Crippen molar-refractivity contribution in [3.63, 3.8) is 0 Å². The van der Waals surface area contributed by atoms with E-state index in [1.807, 2.05) is 6.07 Å². The Hall–Kier alpha value is -1.40. The number of piperidine rings is 1. The van der Waals surface area contributed by atoms with Crippen LogP contribution in [0.25, 0.3) is 0 Å². The number of rotatable bonds is 5. The third-order valence-electron chi connectivity index (χ3n) is 5.91. The first-order chi connectivity index (χ1) is 13.1. The van der Waals surface area contributed by atoms with Crippen molar-refractivity contribution >= 4 is 15.9 Å². The molecule has 1 heterocycles. The topological polar surface area (TPSA) is 66.5 Å². The summed E-state index contributed by atoms with van der Waals surface area (Å²) in [5.41, 5.74) is 0. The van der Waals surface area contributed by atoms with Crippen molar-refractivity contribution in [2.24, 2.45) is 5.92 Å². The van der Waals surface area contributed by atoms with Gasteiger partial charge >= 0.3 is 0 Å². The smallest absolute Gasteiger partial charge is 0.243 e. The van der Waals surface area contributed by atoms with Crippen molar-refractivity contribution in [2.75, 3.05) is 13.1 Å². The highest BCUT2D eigenvalue weighted by Crippen LogP contribution is 2.26. The second kappa shape index (κ2) is 12.3. The minimum absolute atomic E-state index is 0. The van der Waals surface area contributed by atoms with E-state index in [0.29, 0.717) is 18.0 Å². The molecular formula is C23H40N2O3S. The molecule has 5 nitrogen and oxygen atoms in total. The van der Waals surface area contributed by atoms with Crippen LogP contribution in [0.4, 0.5) is 0 Å². The predicted octanol–water partition coefficient (Wildman–Crippen LogP) is 4.98. The Kier molecular flexibility index (Phi) is 10.9. The summed E-state index contributed by atoms with van der Waals surface area (Å²) in [5.74, 6) is 0.201. The highest BCUT2D eigenvalue weighted by Gasteiger charge is 2.33. The van der Waals surface area contributed by atoms with Gasteiger partial charge in [-0.2, -0.15) is 4.31 Å². The molecule has 6 heteroatoms. The molecule has 1 aliphatic carbocycles. The minimum atomic E-state index is -3.51. The first-order valence-corrected chi connectivity index (χ1v) is 11.9. The second-order valence-corrected chi connectivity index (χ2v) is 9.76. The molecule has 0 aromatic heterocycles. The summed E-state index contributed by atoms with van der Waals surface area (Å²) in [6.45, 7) is 0.947. The fraction of sp³-hybridized carbons (Fsp3) is 0.696. The van der Waals surface area contributed by atoms with E-state index in [4.69, 9.17) is 0 Å². The van der Waals surface area contributed by atoms with E-state index < -0.39 is 10.0 Å². The van der Waals surface area contributed by atoms with Gasteiger partial charge in [-0.05, 0) is 37.8 Å². The molecule has 1 aromatic carbocycles. The lowest BCUT2D eigenvalue weighted by atomic mass is 9.90. The van der Waals surface area contributed by atoms with Gasteiger partial charge in [-0.25, -0.2) is 8.42 Å². The summed E-state index contributed by atoms with van der Waals surface area (Å²) in [6.07, 6.45) is 10.6. The van der Waals surface area contributed by atoms with Crippen LogP contribution in [0.1, 0.15) is 79.1 Å². The van der Waals surface area contributed by atoms with E-state index in [1.165, 1.54) is 19.3 Å². The number of carbonyl (C=O) groups is 1. The molecule has 29 heavy (non-hydrogen) atoms. The van der Waals surface area contributed by atoms with Crippen LogP contribution >= 0.6 is 0 Å². The van der Waals surface area contributed by atoms with Gasteiger partial charge in [0.15, 0.2) is 0 Å². The van der Waals surface area contributed by atoms with Crippen LogP contribution in [0.2, 0.25) is 0 Å². The van der Waals surface area contributed by atoms with E-state index in [-0.39, 0.29) is 32.7 Å². The van der Waals surface area contributed by atoms with Crippen LogP contribution in [0.5, 0.6) is 0 Å². The third kappa shape index (κ3) is 6.82. The Balaban J connectivity index is 0.00000210. The van der Waals surface area contributed by atoms with Crippen molar-refractivity contribution in [1.82, 2.24) is 9.62 Å². The molecule has 1 amide bonds. The Bertz CT molecular complexity index is 698. The summed E-state index contributed by atoms with van der Waals surface area (Å²) in [5, 5.41) is 3.08. The summed E-state index contributed by atoms with van der Waals surface area (Å²) in [7, 11) is -3.51. The average Bonchev–Trinajstić information content (AvgIpc) is 2.67. The van der Waals surface area contributed by atoms with Gasteiger partial charge in [-0.1, -0.05) is 71.6 Å². The van der Waals surface area contributed by atoms with E-state index in [9.17, 15) is 13.2 Å². The molecule has 1 atom stereocenters. The molecule has 1 aliphatic heterocycles. The predicted molar refractivity (Wildman–Crippen MR) is 120 cm³/mol. The normalized spacial score (nSPS) is 21.7.